The quantitative estimate of drug-likeness (QED) is 0.812. The smallest absolute Gasteiger partial charge is 0.355 e. The molecule has 1 aromatic carbocycles. The van der Waals surface area contributed by atoms with E-state index in [1.165, 1.54) is 0 Å². The summed E-state index contributed by atoms with van der Waals surface area (Å²) in [5, 5.41) is 2.72. The number of aromatic amines is 1. The monoisotopic (exact) mass is 350 g/mol. The van der Waals surface area contributed by atoms with Gasteiger partial charge in [-0.25, -0.2) is 4.79 Å². The van der Waals surface area contributed by atoms with Gasteiger partial charge in [-0.15, -0.1) is 0 Å². The Morgan fingerprint density at radius 3 is 2.62 bits per heavy atom. The molecule has 0 saturated carbocycles. The highest BCUT2D eigenvalue weighted by molar-refractivity contribution is 9.10. The molecule has 1 heterocycles. The summed E-state index contributed by atoms with van der Waals surface area (Å²) in [6.07, 6.45) is 1.19. The van der Waals surface area contributed by atoms with Crippen LogP contribution in [0.5, 0.6) is 0 Å². The van der Waals surface area contributed by atoms with Crippen LogP contribution in [0, 0.1) is 0 Å². The van der Waals surface area contributed by atoms with Crippen LogP contribution >= 0.6 is 15.9 Å². The van der Waals surface area contributed by atoms with Crippen LogP contribution in [-0.4, -0.2) is 23.0 Å². The molecule has 5 nitrogen and oxygen atoms in total. The van der Waals surface area contributed by atoms with Gasteiger partial charge in [0.15, 0.2) is 6.10 Å². The van der Waals surface area contributed by atoms with Gasteiger partial charge in [-0.3, -0.25) is 4.79 Å². The van der Waals surface area contributed by atoms with E-state index in [9.17, 15) is 9.59 Å². The van der Waals surface area contributed by atoms with E-state index in [1.54, 1.807) is 31.3 Å². The molecule has 1 atom stereocenters. The van der Waals surface area contributed by atoms with Gasteiger partial charge in [0.2, 0.25) is 0 Å². The zero-order chi connectivity index (χ0) is 15.2. The molecule has 0 fully saturated rings. The Morgan fingerprint density at radius 1 is 1.33 bits per heavy atom. The summed E-state index contributed by atoms with van der Waals surface area (Å²) < 4.78 is 5.98. The summed E-state index contributed by atoms with van der Waals surface area (Å²) in [6.45, 7) is 1.78. The molecular weight excluding hydrogens is 336 g/mol. The summed E-state index contributed by atoms with van der Waals surface area (Å²) >= 11 is 3.24. The Morgan fingerprint density at radius 2 is 2.05 bits per heavy atom. The molecule has 6 heteroatoms. The number of ether oxygens (including phenoxy) is 1. The third-order valence-corrected chi connectivity index (χ3v) is 3.28. The molecule has 21 heavy (non-hydrogen) atoms. The lowest BCUT2D eigenvalue weighted by Gasteiger charge is -2.15. The third kappa shape index (κ3) is 4.19. The largest absolute Gasteiger partial charge is 0.448 e. The number of aromatic nitrogens is 1. The molecule has 2 rings (SSSR count). The van der Waals surface area contributed by atoms with E-state index in [4.69, 9.17) is 4.74 Å². The second-order valence-electron chi connectivity index (χ2n) is 4.39. The number of nitrogens with one attached hydrogen (secondary N) is 2. The number of hydrogen-bond donors (Lipinski definition) is 2. The lowest BCUT2D eigenvalue weighted by atomic mass is 10.2. The fraction of sp³-hybridized carbons (Fsp3) is 0.200. The fourth-order valence-corrected chi connectivity index (χ4v) is 2.09. The van der Waals surface area contributed by atoms with Crippen LogP contribution in [0.3, 0.4) is 0 Å². The van der Waals surface area contributed by atoms with Crippen molar-refractivity contribution in [3.63, 3.8) is 0 Å². The van der Waals surface area contributed by atoms with Crippen LogP contribution in [0.1, 0.15) is 23.8 Å². The summed E-state index contributed by atoms with van der Waals surface area (Å²) in [4.78, 5) is 26.8. The minimum atomic E-state index is -0.834. The molecule has 0 saturated heterocycles. The van der Waals surface area contributed by atoms with E-state index in [2.05, 4.69) is 26.2 Å². The number of H-pyrrole nitrogens is 1. The molecule has 0 aliphatic rings. The molecule has 2 N–H and O–H groups in total. The normalized spacial score (nSPS) is 11.7. The van der Waals surface area contributed by atoms with Crippen LogP contribution < -0.4 is 5.32 Å². The summed E-state index contributed by atoms with van der Waals surface area (Å²) in [5.74, 6) is -0.904. The highest BCUT2D eigenvalue weighted by atomic mass is 79.9. The van der Waals surface area contributed by atoms with Crippen LogP contribution in [0.4, 0.5) is 5.69 Å². The van der Waals surface area contributed by atoms with Crippen LogP contribution in [0.25, 0.3) is 0 Å². The lowest BCUT2D eigenvalue weighted by molar-refractivity contribution is -0.124. The molecule has 0 bridgehead atoms. The first kappa shape index (κ1) is 15.3. The predicted octanol–water partition coefficient (Wildman–Crippen LogP) is 3.35. The molecule has 1 aromatic heterocycles. The highest BCUT2D eigenvalue weighted by Gasteiger charge is 2.22. The number of carbonyl (C=O) groups excluding carboxylic acids is 2. The number of carbonyl (C=O) groups is 2. The maximum Gasteiger partial charge on any atom is 0.355 e. The number of amides is 1. The fourth-order valence-electron chi connectivity index (χ4n) is 1.74. The van der Waals surface area contributed by atoms with Crippen molar-refractivity contribution < 1.29 is 14.3 Å². The van der Waals surface area contributed by atoms with Gasteiger partial charge in [-0.2, -0.15) is 0 Å². The summed E-state index contributed by atoms with van der Waals surface area (Å²) in [5.41, 5.74) is 0.965. The molecule has 110 valence electrons. The standard InChI is InChI=1S/C15H15BrN2O3/c1-2-13(14(19)18-11-6-4-3-5-7-11)21-15(20)12-8-10(16)9-17-12/h3-9,13,17H,2H2,1H3,(H,18,19). The Hall–Kier alpha value is -2.08. The van der Waals surface area contributed by atoms with E-state index in [1.807, 2.05) is 18.2 Å². The van der Waals surface area contributed by atoms with Crippen LogP contribution in [-0.2, 0) is 9.53 Å². The Labute approximate surface area is 130 Å². The molecule has 0 radical (unpaired) electrons. The van der Waals surface area contributed by atoms with Crippen molar-refractivity contribution in [2.24, 2.45) is 0 Å². The number of halogens is 1. The van der Waals surface area contributed by atoms with Gasteiger partial charge in [0.25, 0.3) is 5.91 Å². The van der Waals surface area contributed by atoms with Crippen molar-refractivity contribution in [2.45, 2.75) is 19.4 Å². The first-order chi connectivity index (χ1) is 10.1. The minimum absolute atomic E-state index is 0.299. The Balaban J connectivity index is 1.99. The molecule has 1 amide bonds. The number of hydrogen-bond acceptors (Lipinski definition) is 3. The average molecular weight is 351 g/mol. The highest BCUT2D eigenvalue weighted by Crippen LogP contribution is 2.14. The van der Waals surface area contributed by atoms with Gasteiger partial charge in [0, 0.05) is 16.4 Å². The molecular formula is C15H15BrN2O3. The maximum atomic E-state index is 12.1. The second kappa shape index (κ2) is 7.08. The molecule has 0 aliphatic heterocycles. The van der Waals surface area contributed by atoms with Gasteiger partial charge in [-0.05, 0) is 40.5 Å². The number of para-hydroxylation sites is 1. The number of esters is 1. The molecule has 2 aromatic rings. The van der Waals surface area contributed by atoms with E-state index in [-0.39, 0.29) is 5.91 Å². The Kier molecular flexibility index (Phi) is 5.16. The average Bonchev–Trinajstić information content (AvgIpc) is 2.92. The number of anilines is 1. The second-order valence-corrected chi connectivity index (χ2v) is 5.30. The topological polar surface area (TPSA) is 71.2 Å². The van der Waals surface area contributed by atoms with E-state index < -0.39 is 12.1 Å². The van der Waals surface area contributed by atoms with Crippen LogP contribution in [0.15, 0.2) is 47.1 Å². The molecule has 1 unspecified atom stereocenters. The third-order valence-electron chi connectivity index (χ3n) is 2.82. The van der Waals surface area contributed by atoms with Gasteiger partial charge in [-0.1, -0.05) is 25.1 Å². The first-order valence-corrected chi connectivity index (χ1v) is 7.30. The van der Waals surface area contributed by atoms with Crippen molar-refractivity contribution in [1.82, 2.24) is 4.98 Å². The zero-order valence-electron chi connectivity index (χ0n) is 11.4. The van der Waals surface area contributed by atoms with Crippen LogP contribution in [0.2, 0.25) is 0 Å². The Bertz CT molecular complexity index is 625. The minimum Gasteiger partial charge on any atom is -0.448 e. The number of benzene rings is 1. The van der Waals surface area contributed by atoms with E-state index in [0.29, 0.717) is 17.8 Å². The van der Waals surface area contributed by atoms with Crippen molar-refractivity contribution in [3.8, 4) is 0 Å². The van der Waals surface area contributed by atoms with Gasteiger partial charge >= 0.3 is 5.97 Å². The first-order valence-electron chi connectivity index (χ1n) is 6.51. The SMILES string of the molecule is CCC(OC(=O)c1cc(Br)c[nH]1)C(=O)Nc1ccccc1. The van der Waals surface area contributed by atoms with E-state index in [0.717, 1.165) is 4.47 Å². The van der Waals surface area contributed by atoms with Crippen molar-refractivity contribution in [3.05, 3.63) is 52.8 Å². The van der Waals surface area contributed by atoms with Gasteiger partial charge < -0.3 is 15.0 Å². The van der Waals surface area contributed by atoms with Crippen molar-refractivity contribution in [2.75, 3.05) is 5.32 Å². The van der Waals surface area contributed by atoms with E-state index >= 15 is 0 Å². The summed E-state index contributed by atoms with van der Waals surface area (Å²) in [7, 11) is 0. The number of rotatable bonds is 5. The zero-order valence-corrected chi connectivity index (χ0v) is 13.0. The summed E-state index contributed by atoms with van der Waals surface area (Å²) in [6, 6.07) is 10.6. The predicted molar refractivity (Wildman–Crippen MR) is 83.1 cm³/mol. The van der Waals surface area contributed by atoms with Crippen molar-refractivity contribution >= 4 is 33.5 Å². The molecule has 0 spiro atoms. The molecule has 0 aliphatic carbocycles. The maximum absolute atomic E-state index is 12.1. The van der Waals surface area contributed by atoms with Crippen molar-refractivity contribution in [1.29, 1.82) is 0 Å². The van der Waals surface area contributed by atoms with Gasteiger partial charge in [0.1, 0.15) is 5.69 Å². The lowest BCUT2D eigenvalue weighted by Crippen LogP contribution is -2.32. The van der Waals surface area contributed by atoms with Gasteiger partial charge in [0.05, 0.1) is 0 Å².